The Morgan fingerprint density at radius 2 is 1.67 bits per heavy atom. The standard InChI is InChI=1S/C19H21NO4/c1-19(2,3)24-17(20-13-21)14-9-11-16(12-10-14)23-18(22)15-7-5-4-6-8-15/h4-13,17H,1-3H3,(H,20,21). The Morgan fingerprint density at radius 1 is 1.04 bits per heavy atom. The van der Waals surface area contributed by atoms with Gasteiger partial charge in [0.1, 0.15) is 5.75 Å². The molecule has 0 fully saturated rings. The second-order valence-electron chi connectivity index (χ2n) is 6.22. The molecule has 0 saturated heterocycles. The molecule has 0 aromatic heterocycles. The Bertz CT molecular complexity index is 675. The van der Waals surface area contributed by atoms with Gasteiger partial charge >= 0.3 is 5.97 Å². The summed E-state index contributed by atoms with van der Waals surface area (Å²) in [5, 5.41) is 2.63. The van der Waals surface area contributed by atoms with Crippen molar-refractivity contribution in [3.8, 4) is 5.75 Å². The van der Waals surface area contributed by atoms with Crippen molar-refractivity contribution >= 4 is 12.4 Å². The van der Waals surface area contributed by atoms with Gasteiger partial charge in [0.2, 0.25) is 6.41 Å². The smallest absolute Gasteiger partial charge is 0.343 e. The van der Waals surface area contributed by atoms with Crippen molar-refractivity contribution in [2.45, 2.75) is 32.6 Å². The zero-order valence-electron chi connectivity index (χ0n) is 14.0. The van der Waals surface area contributed by atoms with Crippen molar-refractivity contribution in [1.29, 1.82) is 0 Å². The van der Waals surface area contributed by atoms with Gasteiger partial charge < -0.3 is 14.8 Å². The molecular weight excluding hydrogens is 306 g/mol. The quantitative estimate of drug-likeness (QED) is 0.382. The molecule has 126 valence electrons. The average Bonchev–Trinajstić information content (AvgIpc) is 2.55. The van der Waals surface area contributed by atoms with Crippen LogP contribution in [0.4, 0.5) is 0 Å². The molecule has 2 aromatic rings. The van der Waals surface area contributed by atoms with Crippen molar-refractivity contribution < 1.29 is 19.1 Å². The van der Waals surface area contributed by atoms with E-state index < -0.39 is 17.8 Å². The summed E-state index contributed by atoms with van der Waals surface area (Å²) in [7, 11) is 0. The average molecular weight is 327 g/mol. The van der Waals surface area contributed by atoms with Gasteiger partial charge in [-0.1, -0.05) is 30.3 Å². The zero-order valence-corrected chi connectivity index (χ0v) is 14.0. The number of carbonyl (C=O) groups is 2. The minimum atomic E-state index is -0.568. The first kappa shape index (κ1) is 17.7. The fourth-order valence-corrected chi connectivity index (χ4v) is 2.06. The molecule has 2 rings (SSSR count). The van der Waals surface area contributed by atoms with E-state index in [1.165, 1.54) is 0 Å². The van der Waals surface area contributed by atoms with Crippen molar-refractivity contribution in [1.82, 2.24) is 5.32 Å². The van der Waals surface area contributed by atoms with Crippen molar-refractivity contribution in [3.05, 3.63) is 65.7 Å². The number of rotatable bonds is 6. The first-order valence-corrected chi connectivity index (χ1v) is 7.64. The van der Waals surface area contributed by atoms with Gasteiger partial charge in [-0.2, -0.15) is 0 Å². The molecule has 5 nitrogen and oxygen atoms in total. The second-order valence-corrected chi connectivity index (χ2v) is 6.22. The maximum atomic E-state index is 12.0. The molecule has 0 saturated carbocycles. The number of hydrogen-bond donors (Lipinski definition) is 1. The Labute approximate surface area is 141 Å². The van der Waals surface area contributed by atoms with Crippen LogP contribution in [0.5, 0.6) is 5.75 Å². The van der Waals surface area contributed by atoms with E-state index in [9.17, 15) is 9.59 Å². The third kappa shape index (κ3) is 5.21. The summed E-state index contributed by atoms with van der Waals surface area (Å²) >= 11 is 0. The number of ether oxygens (including phenoxy) is 2. The maximum absolute atomic E-state index is 12.0. The zero-order chi connectivity index (χ0) is 17.6. The lowest BCUT2D eigenvalue weighted by molar-refractivity contribution is -0.120. The van der Waals surface area contributed by atoms with Crippen LogP contribution in [0.3, 0.4) is 0 Å². The molecule has 0 bridgehead atoms. The lowest BCUT2D eigenvalue weighted by Gasteiger charge is -2.27. The molecule has 2 aromatic carbocycles. The molecular formula is C19H21NO4. The van der Waals surface area contributed by atoms with Gasteiger partial charge in [0.05, 0.1) is 11.2 Å². The summed E-state index contributed by atoms with van der Waals surface area (Å²) in [6.45, 7) is 5.72. The van der Waals surface area contributed by atoms with Gasteiger partial charge in [0.25, 0.3) is 0 Å². The number of nitrogens with one attached hydrogen (secondary N) is 1. The van der Waals surface area contributed by atoms with Crippen LogP contribution in [-0.4, -0.2) is 18.0 Å². The SMILES string of the molecule is CC(C)(C)OC(NC=O)c1ccc(OC(=O)c2ccccc2)cc1. The van der Waals surface area contributed by atoms with Gasteiger partial charge in [-0.05, 0) is 45.0 Å². The molecule has 5 heteroatoms. The van der Waals surface area contributed by atoms with Crippen LogP contribution in [0, 0.1) is 0 Å². The highest BCUT2D eigenvalue weighted by Gasteiger charge is 2.20. The number of carbonyl (C=O) groups excluding carboxylic acids is 2. The van der Waals surface area contributed by atoms with Gasteiger partial charge in [0, 0.05) is 5.56 Å². The first-order chi connectivity index (χ1) is 11.4. The molecule has 1 N–H and O–H groups in total. The summed E-state index contributed by atoms with van der Waals surface area (Å²) in [4.78, 5) is 22.8. The predicted octanol–water partition coefficient (Wildman–Crippen LogP) is 3.47. The Balaban J connectivity index is 2.08. The summed E-state index contributed by atoms with van der Waals surface area (Å²) in [5.41, 5.74) is 0.828. The van der Waals surface area contributed by atoms with Gasteiger partial charge in [-0.3, -0.25) is 4.79 Å². The third-order valence-corrected chi connectivity index (χ3v) is 3.09. The molecule has 1 unspecified atom stereocenters. The number of amides is 1. The highest BCUT2D eigenvalue weighted by molar-refractivity contribution is 5.90. The van der Waals surface area contributed by atoms with Crippen LogP contribution < -0.4 is 10.1 Å². The lowest BCUT2D eigenvalue weighted by Crippen LogP contribution is -2.31. The molecule has 0 aliphatic heterocycles. The van der Waals surface area contributed by atoms with E-state index in [0.29, 0.717) is 17.7 Å². The van der Waals surface area contributed by atoms with Crippen LogP contribution >= 0.6 is 0 Å². The monoisotopic (exact) mass is 327 g/mol. The minimum Gasteiger partial charge on any atom is -0.423 e. The third-order valence-electron chi connectivity index (χ3n) is 3.09. The van der Waals surface area contributed by atoms with E-state index in [1.54, 1.807) is 48.5 Å². The maximum Gasteiger partial charge on any atom is 0.343 e. The Hall–Kier alpha value is -2.66. The topological polar surface area (TPSA) is 64.6 Å². The molecule has 1 atom stereocenters. The van der Waals surface area contributed by atoms with E-state index in [2.05, 4.69) is 5.32 Å². The minimum absolute atomic E-state index is 0.418. The molecule has 0 heterocycles. The van der Waals surface area contributed by atoms with E-state index in [-0.39, 0.29) is 0 Å². The van der Waals surface area contributed by atoms with Crippen LogP contribution in [-0.2, 0) is 9.53 Å². The predicted molar refractivity (Wildman–Crippen MR) is 90.6 cm³/mol. The number of esters is 1. The van der Waals surface area contributed by atoms with Gasteiger partial charge in [0.15, 0.2) is 6.23 Å². The van der Waals surface area contributed by atoms with Crippen molar-refractivity contribution in [2.24, 2.45) is 0 Å². The summed E-state index contributed by atoms with van der Waals surface area (Å²) in [6.07, 6.45) is 0.0288. The molecule has 24 heavy (non-hydrogen) atoms. The van der Waals surface area contributed by atoms with E-state index in [1.807, 2.05) is 26.8 Å². The highest BCUT2D eigenvalue weighted by Crippen LogP contribution is 2.23. The largest absolute Gasteiger partial charge is 0.423 e. The normalized spacial score (nSPS) is 12.3. The van der Waals surface area contributed by atoms with Gasteiger partial charge in [-0.25, -0.2) is 4.79 Å². The molecule has 0 aliphatic rings. The van der Waals surface area contributed by atoms with Crippen molar-refractivity contribution in [2.75, 3.05) is 0 Å². The number of hydrogen-bond acceptors (Lipinski definition) is 4. The Kier molecular flexibility index (Phi) is 5.71. The molecule has 0 aliphatic carbocycles. The molecule has 1 amide bonds. The summed E-state index contributed by atoms with van der Waals surface area (Å²) < 4.78 is 11.1. The fraction of sp³-hybridized carbons (Fsp3) is 0.263. The number of benzene rings is 2. The van der Waals surface area contributed by atoms with Gasteiger partial charge in [-0.15, -0.1) is 0 Å². The fourth-order valence-electron chi connectivity index (χ4n) is 2.06. The van der Waals surface area contributed by atoms with Crippen LogP contribution in [0.1, 0.15) is 42.9 Å². The van der Waals surface area contributed by atoms with Crippen molar-refractivity contribution in [3.63, 3.8) is 0 Å². The Morgan fingerprint density at radius 3 is 2.21 bits per heavy atom. The summed E-state index contributed by atoms with van der Waals surface area (Å²) in [6, 6.07) is 15.6. The van der Waals surface area contributed by atoms with E-state index in [0.717, 1.165) is 5.56 Å². The second kappa shape index (κ2) is 7.75. The first-order valence-electron chi connectivity index (χ1n) is 7.64. The van der Waals surface area contributed by atoms with Crippen LogP contribution in [0.15, 0.2) is 54.6 Å². The highest BCUT2D eigenvalue weighted by atomic mass is 16.5. The lowest BCUT2D eigenvalue weighted by atomic mass is 10.1. The van der Waals surface area contributed by atoms with E-state index in [4.69, 9.17) is 9.47 Å². The van der Waals surface area contributed by atoms with Crippen LogP contribution in [0.2, 0.25) is 0 Å². The van der Waals surface area contributed by atoms with E-state index >= 15 is 0 Å². The van der Waals surface area contributed by atoms with Crippen LogP contribution in [0.25, 0.3) is 0 Å². The molecule has 0 radical (unpaired) electrons. The summed E-state index contributed by atoms with van der Waals surface area (Å²) in [5.74, 6) is 0.00470. The molecule has 0 spiro atoms.